The number of carbonyl (C=O) groups excluding carboxylic acids is 1. The molecule has 0 N–H and O–H groups in total. The van der Waals surface area contributed by atoms with Gasteiger partial charge in [-0.15, -0.1) is 0 Å². The van der Waals surface area contributed by atoms with Crippen molar-refractivity contribution in [3.8, 4) is 12.1 Å². The molecule has 172 valence electrons. The number of Topliss-reactive ketones (excluding diaryl/α,β-unsaturated/α-hetero) is 1. The number of benzene rings is 2. The molecule has 2 aromatic heterocycles. The zero-order valence-electron chi connectivity index (χ0n) is 18.4. The van der Waals surface area contributed by atoms with Crippen LogP contribution in [-0.2, 0) is 6.42 Å². The Balaban J connectivity index is 0.000000145. The van der Waals surface area contributed by atoms with Crippen LogP contribution in [0.4, 0.5) is 8.78 Å². The van der Waals surface area contributed by atoms with Crippen LogP contribution >= 0.6 is 0 Å². The van der Waals surface area contributed by atoms with Gasteiger partial charge in [-0.2, -0.15) is 10.5 Å². The van der Waals surface area contributed by atoms with Crippen LogP contribution in [0.25, 0.3) is 0 Å². The predicted molar refractivity (Wildman–Crippen MR) is 120 cm³/mol. The lowest BCUT2D eigenvalue weighted by Crippen LogP contribution is -2.07. The summed E-state index contributed by atoms with van der Waals surface area (Å²) in [5.74, 6) is -0.815. The third kappa shape index (κ3) is 3.98. The van der Waals surface area contributed by atoms with Gasteiger partial charge in [-0.1, -0.05) is 12.1 Å². The predicted octanol–water partition coefficient (Wildman–Crippen LogP) is 4.50. The molecular weight excluding hydrogens is 450 g/mol. The standard InChI is InChI=1S/C13H8FN3O.C13H10FN3/c14-10-3-8(5-15)1-2-9(10)11-4-13(18)12-6-16-7-17(11)12;14-12-5-9(6-15)1-3-11(12)13-4-2-10-7-16-8-17(10)13/h1-3,6-7,11H,4H2;1,3,5,7-8,13H,2,4H2/t11-;13-/m00/s1. The summed E-state index contributed by atoms with van der Waals surface area (Å²) in [5, 5.41) is 17.4. The Bertz CT molecular complexity index is 1520. The van der Waals surface area contributed by atoms with Crippen molar-refractivity contribution in [1.29, 1.82) is 10.5 Å². The summed E-state index contributed by atoms with van der Waals surface area (Å²) in [7, 11) is 0. The molecule has 2 aliphatic heterocycles. The molecule has 4 heterocycles. The van der Waals surface area contributed by atoms with Crippen LogP contribution in [0.3, 0.4) is 0 Å². The van der Waals surface area contributed by atoms with Gasteiger partial charge in [-0.05, 0) is 37.1 Å². The van der Waals surface area contributed by atoms with Crippen molar-refractivity contribution in [1.82, 2.24) is 19.1 Å². The summed E-state index contributed by atoms with van der Waals surface area (Å²) in [4.78, 5) is 19.7. The van der Waals surface area contributed by atoms with E-state index in [4.69, 9.17) is 10.5 Å². The van der Waals surface area contributed by atoms with E-state index < -0.39 is 5.82 Å². The molecule has 0 aliphatic carbocycles. The van der Waals surface area contributed by atoms with Crippen molar-refractivity contribution in [2.75, 3.05) is 0 Å². The van der Waals surface area contributed by atoms with E-state index in [9.17, 15) is 13.6 Å². The maximum absolute atomic E-state index is 13.9. The fraction of sp³-hybridized carbons (Fsp3) is 0.192. The monoisotopic (exact) mass is 468 g/mol. The molecular formula is C26H18F2N6O. The molecule has 0 amide bonds. The van der Waals surface area contributed by atoms with E-state index in [1.165, 1.54) is 24.7 Å². The highest BCUT2D eigenvalue weighted by Gasteiger charge is 2.31. The van der Waals surface area contributed by atoms with Crippen LogP contribution < -0.4 is 0 Å². The highest BCUT2D eigenvalue weighted by Crippen LogP contribution is 2.34. The number of imidazole rings is 2. The number of halogens is 2. The second kappa shape index (κ2) is 8.96. The van der Waals surface area contributed by atoms with Crippen molar-refractivity contribution in [3.05, 3.63) is 107 Å². The summed E-state index contributed by atoms with van der Waals surface area (Å²) < 4.78 is 31.5. The number of ketones is 1. The van der Waals surface area contributed by atoms with Gasteiger partial charge in [0.1, 0.15) is 17.3 Å². The lowest BCUT2D eigenvalue weighted by molar-refractivity contribution is 0.0991. The van der Waals surface area contributed by atoms with Crippen molar-refractivity contribution in [3.63, 3.8) is 0 Å². The zero-order valence-corrected chi connectivity index (χ0v) is 18.4. The maximum atomic E-state index is 13.9. The van der Waals surface area contributed by atoms with Crippen molar-refractivity contribution in [2.45, 2.75) is 31.3 Å². The Kier molecular flexibility index (Phi) is 5.68. The number of aryl methyl sites for hydroxylation is 1. The number of rotatable bonds is 2. The van der Waals surface area contributed by atoms with E-state index in [1.54, 1.807) is 35.2 Å². The Morgan fingerprint density at radius 1 is 0.857 bits per heavy atom. The van der Waals surface area contributed by atoms with Crippen LogP contribution in [0.5, 0.6) is 0 Å². The molecule has 9 heteroatoms. The first kappa shape index (κ1) is 22.2. The van der Waals surface area contributed by atoms with E-state index in [0.29, 0.717) is 22.4 Å². The first-order chi connectivity index (χ1) is 17.0. The summed E-state index contributed by atoms with van der Waals surface area (Å²) in [6, 6.07) is 12.4. The zero-order chi connectivity index (χ0) is 24.5. The number of nitriles is 2. The van der Waals surface area contributed by atoms with Crippen LogP contribution in [0.1, 0.15) is 63.4 Å². The normalized spacial score (nSPS) is 17.7. The summed E-state index contributed by atoms with van der Waals surface area (Å²) in [5.41, 5.74) is 3.32. The molecule has 0 fully saturated rings. The lowest BCUT2D eigenvalue weighted by Gasteiger charge is -2.14. The Morgan fingerprint density at radius 2 is 1.46 bits per heavy atom. The molecule has 0 radical (unpaired) electrons. The van der Waals surface area contributed by atoms with Gasteiger partial charge in [0.25, 0.3) is 0 Å². The van der Waals surface area contributed by atoms with E-state index in [2.05, 4.69) is 9.97 Å². The fourth-order valence-corrected chi connectivity index (χ4v) is 4.68. The summed E-state index contributed by atoms with van der Waals surface area (Å²) in [6.07, 6.45) is 8.63. The van der Waals surface area contributed by atoms with E-state index in [0.717, 1.165) is 18.5 Å². The minimum absolute atomic E-state index is 0.0141. The number of nitrogens with zero attached hydrogens (tertiary/aromatic N) is 6. The SMILES string of the molecule is N#Cc1ccc([C@@H]2CC(=O)c3cncn32)c(F)c1.N#Cc1ccc([C@@H]2CCc3cncn32)c(F)c1. The lowest BCUT2D eigenvalue weighted by atomic mass is 10.0. The van der Waals surface area contributed by atoms with Crippen molar-refractivity contribution >= 4 is 5.78 Å². The topological polar surface area (TPSA) is 100 Å². The Morgan fingerprint density at radius 3 is 2.09 bits per heavy atom. The minimum Gasteiger partial charge on any atom is -0.327 e. The van der Waals surface area contributed by atoms with Crippen molar-refractivity contribution in [2.24, 2.45) is 0 Å². The van der Waals surface area contributed by atoms with Gasteiger partial charge in [0, 0.05) is 29.4 Å². The molecule has 35 heavy (non-hydrogen) atoms. The van der Waals surface area contributed by atoms with Crippen LogP contribution in [-0.4, -0.2) is 24.9 Å². The van der Waals surface area contributed by atoms with Crippen LogP contribution in [0, 0.1) is 34.3 Å². The second-order valence-electron chi connectivity index (χ2n) is 8.37. The molecule has 6 rings (SSSR count). The molecule has 2 aromatic carbocycles. The fourth-order valence-electron chi connectivity index (χ4n) is 4.68. The van der Waals surface area contributed by atoms with E-state index in [1.807, 2.05) is 22.9 Å². The summed E-state index contributed by atoms with van der Waals surface area (Å²) in [6.45, 7) is 0. The highest BCUT2D eigenvalue weighted by atomic mass is 19.1. The van der Waals surface area contributed by atoms with Gasteiger partial charge in [-0.3, -0.25) is 4.79 Å². The molecule has 0 bridgehead atoms. The first-order valence-corrected chi connectivity index (χ1v) is 10.9. The van der Waals surface area contributed by atoms with Gasteiger partial charge in [-0.25, -0.2) is 18.7 Å². The van der Waals surface area contributed by atoms with Gasteiger partial charge < -0.3 is 9.13 Å². The largest absolute Gasteiger partial charge is 0.327 e. The van der Waals surface area contributed by atoms with Gasteiger partial charge in [0.2, 0.25) is 0 Å². The quantitative estimate of drug-likeness (QED) is 0.431. The number of carbonyl (C=O) groups is 1. The first-order valence-electron chi connectivity index (χ1n) is 10.9. The highest BCUT2D eigenvalue weighted by molar-refractivity contribution is 5.97. The average Bonchev–Trinajstić information content (AvgIpc) is 3.64. The van der Waals surface area contributed by atoms with Crippen LogP contribution in [0.15, 0.2) is 61.4 Å². The van der Waals surface area contributed by atoms with E-state index in [-0.39, 0.29) is 35.7 Å². The molecule has 7 nitrogen and oxygen atoms in total. The van der Waals surface area contributed by atoms with Gasteiger partial charge in [0.15, 0.2) is 5.78 Å². The molecule has 2 atom stereocenters. The molecule has 0 spiro atoms. The number of hydrogen-bond acceptors (Lipinski definition) is 5. The van der Waals surface area contributed by atoms with Crippen LogP contribution in [0.2, 0.25) is 0 Å². The number of fused-ring (bicyclic) bond motifs is 2. The maximum Gasteiger partial charge on any atom is 0.183 e. The molecule has 0 saturated carbocycles. The third-order valence-corrected chi connectivity index (χ3v) is 6.40. The molecule has 0 unspecified atom stereocenters. The molecule has 0 saturated heterocycles. The molecule has 4 aromatic rings. The number of aromatic nitrogens is 4. The molecule has 2 aliphatic rings. The van der Waals surface area contributed by atoms with Gasteiger partial charge >= 0.3 is 0 Å². The second-order valence-corrected chi connectivity index (χ2v) is 8.37. The Hall–Kier alpha value is -4.63. The smallest absolute Gasteiger partial charge is 0.183 e. The minimum atomic E-state index is -0.464. The Labute approximate surface area is 199 Å². The van der Waals surface area contributed by atoms with E-state index >= 15 is 0 Å². The third-order valence-electron chi connectivity index (χ3n) is 6.40. The van der Waals surface area contributed by atoms with Gasteiger partial charge in [0.05, 0.1) is 54.2 Å². The number of hydrogen-bond donors (Lipinski definition) is 0. The van der Waals surface area contributed by atoms with Crippen molar-refractivity contribution < 1.29 is 13.6 Å². The summed E-state index contributed by atoms with van der Waals surface area (Å²) >= 11 is 0. The average molecular weight is 468 g/mol.